The zero-order valence-electron chi connectivity index (χ0n) is 14.5. The van der Waals surface area contributed by atoms with Gasteiger partial charge in [-0.25, -0.2) is 0 Å². The summed E-state index contributed by atoms with van der Waals surface area (Å²) in [7, 11) is 3.23. The molecule has 2 rings (SSSR count). The Balaban J connectivity index is 0.00000288. The molecular weight excluding hydrogens is 332 g/mol. The Morgan fingerprint density at radius 1 is 1.38 bits per heavy atom. The SMILES string of the molecule is COc1ccc(CC(C)NC(=O)CC2COCCN2)cc1OC.Cl. The average molecular weight is 359 g/mol. The van der Waals surface area contributed by atoms with E-state index in [2.05, 4.69) is 10.6 Å². The number of benzene rings is 1. The molecule has 7 heteroatoms. The molecule has 2 N–H and O–H groups in total. The van der Waals surface area contributed by atoms with Gasteiger partial charge < -0.3 is 24.8 Å². The van der Waals surface area contributed by atoms with Crippen molar-refractivity contribution >= 4 is 18.3 Å². The lowest BCUT2D eigenvalue weighted by Gasteiger charge is -2.24. The minimum atomic E-state index is 0. The molecule has 0 saturated carbocycles. The normalized spacial score (nSPS) is 18.2. The third kappa shape index (κ3) is 6.19. The van der Waals surface area contributed by atoms with E-state index in [1.165, 1.54) is 0 Å². The van der Waals surface area contributed by atoms with Gasteiger partial charge in [0.1, 0.15) is 0 Å². The van der Waals surface area contributed by atoms with Crippen molar-refractivity contribution in [3.05, 3.63) is 23.8 Å². The van der Waals surface area contributed by atoms with E-state index in [9.17, 15) is 4.79 Å². The molecule has 1 aliphatic heterocycles. The fraction of sp³-hybridized carbons (Fsp3) is 0.588. The van der Waals surface area contributed by atoms with E-state index in [1.54, 1.807) is 14.2 Å². The van der Waals surface area contributed by atoms with Crippen molar-refractivity contribution in [3.8, 4) is 11.5 Å². The van der Waals surface area contributed by atoms with Crippen LogP contribution in [0.5, 0.6) is 11.5 Å². The van der Waals surface area contributed by atoms with Crippen LogP contribution in [0.15, 0.2) is 18.2 Å². The van der Waals surface area contributed by atoms with Gasteiger partial charge in [0, 0.05) is 25.0 Å². The van der Waals surface area contributed by atoms with Crippen LogP contribution in [0, 0.1) is 0 Å². The Morgan fingerprint density at radius 3 is 2.75 bits per heavy atom. The highest BCUT2D eigenvalue weighted by Gasteiger charge is 2.18. The number of carbonyl (C=O) groups is 1. The minimum Gasteiger partial charge on any atom is -0.493 e. The van der Waals surface area contributed by atoms with Crippen molar-refractivity contribution in [1.82, 2.24) is 10.6 Å². The maximum atomic E-state index is 12.1. The second-order valence-electron chi connectivity index (χ2n) is 5.79. The van der Waals surface area contributed by atoms with E-state index >= 15 is 0 Å². The Labute approximate surface area is 149 Å². The summed E-state index contributed by atoms with van der Waals surface area (Å²) in [6.07, 6.45) is 1.18. The molecule has 0 bridgehead atoms. The topological polar surface area (TPSA) is 68.8 Å². The number of rotatable bonds is 7. The first kappa shape index (κ1) is 20.5. The molecule has 24 heavy (non-hydrogen) atoms. The predicted molar refractivity (Wildman–Crippen MR) is 95.3 cm³/mol. The third-order valence-electron chi connectivity index (χ3n) is 3.83. The highest BCUT2D eigenvalue weighted by Crippen LogP contribution is 2.27. The van der Waals surface area contributed by atoms with Crippen LogP contribution in [0.1, 0.15) is 18.9 Å². The summed E-state index contributed by atoms with van der Waals surface area (Å²) >= 11 is 0. The molecule has 1 aromatic rings. The standard InChI is InChI=1S/C17H26N2O4.ClH/c1-12(19-17(20)10-14-11-23-7-6-18-14)8-13-4-5-15(21-2)16(9-13)22-3;/h4-5,9,12,14,18H,6-8,10-11H2,1-3H3,(H,19,20);1H. The van der Waals surface area contributed by atoms with Gasteiger partial charge in [-0.05, 0) is 31.0 Å². The molecule has 136 valence electrons. The van der Waals surface area contributed by atoms with Gasteiger partial charge in [-0.2, -0.15) is 0 Å². The zero-order chi connectivity index (χ0) is 16.7. The summed E-state index contributed by atoms with van der Waals surface area (Å²) in [5.74, 6) is 1.45. The van der Waals surface area contributed by atoms with E-state index in [1.807, 2.05) is 25.1 Å². The number of carbonyl (C=O) groups excluding carboxylic acids is 1. The fourth-order valence-electron chi connectivity index (χ4n) is 2.72. The van der Waals surface area contributed by atoms with Crippen molar-refractivity contribution in [2.45, 2.75) is 31.8 Å². The van der Waals surface area contributed by atoms with Gasteiger partial charge in [0.25, 0.3) is 0 Å². The smallest absolute Gasteiger partial charge is 0.221 e. The summed E-state index contributed by atoms with van der Waals surface area (Å²) in [6, 6.07) is 5.96. The Morgan fingerprint density at radius 2 is 2.12 bits per heavy atom. The maximum Gasteiger partial charge on any atom is 0.221 e. The van der Waals surface area contributed by atoms with Gasteiger partial charge in [-0.15, -0.1) is 12.4 Å². The Kier molecular flexibility index (Phi) is 8.89. The second-order valence-corrected chi connectivity index (χ2v) is 5.79. The number of halogens is 1. The Hall–Kier alpha value is -1.50. The van der Waals surface area contributed by atoms with E-state index < -0.39 is 0 Å². The number of methoxy groups -OCH3 is 2. The van der Waals surface area contributed by atoms with Crippen LogP contribution in [0.2, 0.25) is 0 Å². The fourth-order valence-corrected chi connectivity index (χ4v) is 2.72. The Bertz CT molecular complexity index is 521. The molecule has 1 amide bonds. The molecule has 1 heterocycles. The van der Waals surface area contributed by atoms with Crippen LogP contribution in [0.4, 0.5) is 0 Å². The lowest BCUT2D eigenvalue weighted by molar-refractivity contribution is -0.122. The van der Waals surface area contributed by atoms with E-state index in [-0.39, 0.29) is 30.4 Å². The molecule has 2 unspecified atom stereocenters. The number of nitrogens with one attached hydrogen (secondary N) is 2. The number of hydrogen-bond acceptors (Lipinski definition) is 5. The first-order valence-corrected chi connectivity index (χ1v) is 7.93. The number of hydrogen-bond donors (Lipinski definition) is 2. The first-order chi connectivity index (χ1) is 11.1. The molecular formula is C17H27ClN2O4. The quantitative estimate of drug-likeness (QED) is 0.774. The minimum absolute atomic E-state index is 0. The van der Waals surface area contributed by atoms with Crippen LogP contribution in [-0.4, -0.2) is 52.0 Å². The van der Waals surface area contributed by atoms with Crippen LogP contribution in [-0.2, 0) is 16.0 Å². The number of amides is 1. The number of ether oxygens (including phenoxy) is 3. The summed E-state index contributed by atoms with van der Waals surface area (Å²) < 4.78 is 15.9. The molecule has 2 atom stereocenters. The van der Waals surface area contributed by atoms with Crippen LogP contribution in [0.3, 0.4) is 0 Å². The maximum absolute atomic E-state index is 12.1. The molecule has 0 aliphatic carbocycles. The van der Waals surface area contributed by atoms with Gasteiger partial charge in [-0.3, -0.25) is 4.79 Å². The van der Waals surface area contributed by atoms with Crippen molar-refractivity contribution in [2.24, 2.45) is 0 Å². The highest BCUT2D eigenvalue weighted by molar-refractivity contribution is 5.85. The molecule has 1 fully saturated rings. The van der Waals surface area contributed by atoms with Gasteiger partial charge >= 0.3 is 0 Å². The predicted octanol–water partition coefficient (Wildman–Crippen LogP) is 1.55. The van der Waals surface area contributed by atoms with Gasteiger partial charge in [0.15, 0.2) is 11.5 Å². The molecule has 1 aromatic carbocycles. The zero-order valence-corrected chi connectivity index (χ0v) is 15.3. The lowest BCUT2D eigenvalue weighted by atomic mass is 10.1. The van der Waals surface area contributed by atoms with Crippen LogP contribution < -0.4 is 20.1 Å². The van der Waals surface area contributed by atoms with Crippen molar-refractivity contribution in [1.29, 1.82) is 0 Å². The van der Waals surface area contributed by atoms with Gasteiger partial charge in [-0.1, -0.05) is 6.07 Å². The monoisotopic (exact) mass is 358 g/mol. The molecule has 1 aliphatic rings. The van der Waals surface area contributed by atoms with Crippen molar-refractivity contribution in [3.63, 3.8) is 0 Å². The highest BCUT2D eigenvalue weighted by atomic mass is 35.5. The molecule has 1 saturated heterocycles. The van der Waals surface area contributed by atoms with Crippen LogP contribution in [0.25, 0.3) is 0 Å². The van der Waals surface area contributed by atoms with E-state index in [0.717, 1.165) is 18.5 Å². The summed E-state index contributed by atoms with van der Waals surface area (Å²) in [5.41, 5.74) is 1.09. The first-order valence-electron chi connectivity index (χ1n) is 7.93. The lowest BCUT2D eigenvalue weighted by Crippen LogP contribution is -2.45. The van der Waals surface area contributed by atoms with E-state index in [0.29, 0.717) is 31.1 Å². The summed E-state index contributed by atoms with van der Waals surface area (Å²) in [6.45, 7) is 4.11. The summed E-state index contributed by atoms with van der Waals surface area (Å²) in [5, 5.41) is 6.32. The molecule has 0 radical (unpaired) electrons. The molecule has 6 nitrogen and oxygen atoms in total. The van der Waals surface area contributed by atoms with Crippen molar-refractivity contribution < 1.29 is 19.0 Å². The van der Waals surface area contributed by atoms with Crippen LogP contribution >= 0.6 is 12.4 Å². The average Bonchev–Trinajstić information content (AvgIpc) is 2.55. The molecule has 0 spiro atoms. The third-order valence-corrected chi connectivity index (χ3v) is 3.83. The van der Waals surface area contributed by atoms with Crippen molar-refractivity contribution in [2.75, 3.05) is 34.0 Å². The summed E-state index contributed by atoms with van der Waals surface area (Å²) in [4.78, 5) is 12.1. The number of morpholine rings is 1. The molecule has 0 aromatic heterocycles. The second kappa shape index (κ2) is 10.4. The largest absolute Gasteiger partial charge is 0.493 e. The van der Waals surface area contributed by atoms with E-state index in [4.69, 9.17) is 14.2 Å². The van der Waals surface area contributed by atoms with Gasteiger partial charge in [0.2, 0.25) is 5.91 Å². The van der Waals surface area contributed by atoms with Gasteiger partial charge in [0.05, 0.1) is 27.4 Å².